The molecule has 0 atom stereocenters. The van der Waals surface area contributed by atoms with Crippen molar-refractivity contribution in [1.29, 1.82) is 0 Å². The average molecular weight is 288 g/mol. The Morgan fingerprint density at radius 2 is 1.92 bits per heavy atom. The summed E-state index contributed by atoms with van der Waals surface area (Å²) in [5, 5.41) is 0. The molecular weight excluding hydrogens is 282 g/mol. The van der Waals surface area contributed by atoms with Crippen LogP contribution in [0.4, 0.5) is 0 Å². The highest BCUT2D eigenvalue weighted by Crippen LogP contribution is 2.30. The maximum absolute atomic E-state index is 5.64. The first-order valence-electron chi connectivity index (χ1n) is 3.28. The number of benzene rings is 1. The predicted octanol–water partition coefficient (Wildman–Crippen LogP) is 4.36. The molecule has 1 rings (SSSR count). The van der Waals surface area contributed by atoms with Crippen molar-refractivity contribution in [3.05, 3.63) is 34.3 Å². The fourth-order valence-corrected chi connectivity index (χ4v) is 1.79. The lowest BCUT2D eigenvalue weighted by atomic mass is 10.2. The van der Waals surface area contributed by atoms with Crippen LogP contribution >= 0.6 is 50.7 Å². The van der Waals surface area contributed by atoms with Gasteiger partial charge in [0, 0.05) is 10.9 Å². The molecule has 0 heterocycles. The lowest BCUT2D eigenvalue weighted by Crippen LogP contribution is -2.06. The van der Waals surface area contributed by atoms with Crippen LogP contribution < -0.4 is 0 Å². The van der Waals surface area contributed by atoms with Crippen molar-refractivity contribution in [3.63, 3.8) is 0 Å². The van der Waals surface area contributed by atoms with Gasteiger partial charge in [0.05, 0.1) is 0 Å². The zero-order valence-corrected chi connectivity index (χ0v) is 9.88. The van der Waals surface area contributed by atoms with E-state index in [1.165, 1.54) is 0 Å². The summed E-state index contributed by atoms with van der Waals surface area (Å²) in [7, 11) is 0. The zero-order chi connectivity index (χ0) is 9.19. The average Bonchev–Trinajstić information content (AvgIpc) is 1.82. The largest absolute Gasteiger partial charge is 0.194 e. The van der Waals surface area contributed by atoms with E-state index < -0.39 is 3.79 Å². The Morgan fingerprint density at radius 3 is 2.42 bits per heavy atom. The zero-order valence-electron chi connectivity index (χ0n) is 6.03. The van der Waals surface area contributed by atoms with Gasteiger partial charge in [-0.3, -0.25) is 0 Å². The van der Waals surface area contributed by atoms with E-state index in [9.17, 15) is 0 Å². The molecule has 0 aromatic heterocycles. The van der Waals surface area contributed by atoms with Gasteiger partial charge in [0.25, 0.3) is 0 Å². The van der Waals surface area contributed by atoms with E-state index >= 15 is 0 Å². The summed E-state index contributed by atoms with van der Waals surface area (Å²) in [5.41, 5.74) is 1.00. The van der Waals surface area contributed by atoms with Crippen molar-refractivity contribution in [2.45, 2.75) is 10.2 Å². The lowest BCUT2D eigenvalue weighted by Gasteiger charge is -2.10. The second kappa shape index (κ2) is 4.19. The van der Waals surface area contributed by atoms with Crippen LogP contribution in [0.1, 0.15) is 5.56 Å². The van der Waals surface area contributed by atoms with Crippen LogP contribution in [0.15, 0.2) is 28.7 Å². The Morgan fingerprint density at radius 1 is 1.25 bits per heavy atom. The fourth-order valence-electron chi connectivity index (χ4n) is 0.878. The predicted molar refractivity (Wildman–Crippen MR) is 58.1 cm³/mol. The molecule has 0 nitrogen and oxygen atoms in total. The Bertz CT molecular complexity index is 267. The first-order chi connectivity index (χ1) is 5.47. The third kappa shape index (κ3) is 3.99. The van der Waals surface area contributed by atoms with Crippen LogP contribution in [0.2, 0.25) is 0 Å². The maximum Gasteiger partial charge on any atom is 0.194 e. The van der Waals surface area contributed by atoms with Crippen LogP contribution in [-0.4, -0.2) is 3.79 Å². The molecule has 0 radical (unpaired) electrons. The smallest absolute Gasteiger partial charge is 0.0833 e. The molecule has 0 saturated heterocycles. The summed E-state index contributed by atoms with van der Waals surface area (Å²) in [6, 6.07) is 7.70. The highest BCUT2D eigenvalue weighted by atomic mass is 79.9. The summed E-state index contributed by atoms with van der Waals surface area (Å²) in [5.74, 6) is 0. The minimum absolute atomic E-state index is 0.428. The number of rotatable bonds is 1. The molecule has 0 unspecified atom stereocenters. The van der Waals surface area contributed by atoms with E-state index in [-0.39, 0.29) is 0 Å². The van der Waals surface area contributed by atoms with Gasteiger partial charge in [0.1, 0.15) is 0 Å². The van der Waals surface area contributed by atoms with Gasteiger partial charge in [-0.2, -0.15) is 0 Å². The van der Waals surface area contributed by atoms with Crippen molar-refractivity contribution in [2.24, 2.45) is 0 Å². The SMILES string of the molecule is ClC(Cl)(Cl)Cc1cccc(Br)c1. The molecule has 0 spiro atoms. The lowest BCUT2D eigenvalue weighted by molar-refractivity contribution is 1.02. The molecule has 0 aliphatic rings. The van der Waals surface area contributed by atoms with Crippen LogP contribution in [0, 0.1) is 0 Å². The van der Waals surface area contributed by atoms with Crippen molar-refractivity contribution >= 4 is 50.7 Å². The van der Waals surface area contributed by atoms with Gasteiger partial charge in [-0.25, -0.2) is 0 Å². The van der Waals surface area contributed by atoms with Crippen LogP contribution in [0.3, 0.4) is 0 Å². The first kappa shape index (κ1) is 10.6. The molecule has 66 valence electrons. The van der Waals surface area contributed by atoms with Crippen LogP contribution in [0.5, 0.6) is 0 Å². The monoisotopic (exact) mass is 286 g/mol. The van der Waals surface area contributed by atoms with Gasteiger partial charge in [-0.1, -0.05) is 62.9 Å². The number of halogens is 4. The minimum atomic E-state index is -1.21. The summed E-state index contributed by atoms with van der Waals surface area (Å²) in [4.78, 5) is 0. The van der Waals surface area contributed by atoms with Gasteiger partial charge in [0.15, 0.2) is 3.79 Å². The van der Waals surface area contributed by atoms with Gasteiger partial charge >= 0.3 is 0 Å². The second-order valence-corrected chi connectivity index (χ2v) is 5.85. The molecule has 4 heteroatoms. The standard InChI is InChI=1S/C8H6BrCl3/c9-7-3-1-2-6(4-7)5-8(10,11)12/h1-4H,5H2. The molecular formula is C8H6BrCl3. The third-order valence-electron chi connectivity index (χ3n) is 1.29. The van der Waals surface area contributed by atoms with Crippen molar-refractivity contribution < 1.29 is 0 Å². The molecule has 0 amide bonds. The molecule has 0 saturated carbocycles. The topological polar surface area (TPSA) is 0 Å². The molecule has 0 fully saturated rings. The van der Waals surface area contributed by atoms with Crippen LogP contribution in [-0.2, 0) is 6.42 Å². The molecule has 12 heavy (non-hydrogen) atoms. The summed E-state index contributed by atoms with van der Waals surface area (Å²) in [6.07, 6.45) is 0.428. The molecule has 0 aliphatic heterocycles. The van der Waals surface area contributed by atoms with Gasteiger partial charge in [-0.15, -0.1) is 0 Å². The van der Waals surface area contributed by atoms with E-state index in [1.807, 2.05) is 24.3 Å². The normalized spacial score (nSPS) is 11.7. The van der Waals surface area contributed by atoms with Gasteiger partial charge in [-0.05, 0) is 17.7 Å². The molecule has 0 aliphatic carbocycles. The van der Waals surface area contributed by atoms with Crippen molar-refractivity contribution in [1.82, 2.24) is 0 Å². The Balaban J connectivity index is 2.77. The maximum atomic E-state index is 5.64. The van der Waals surface area contributed by atoms with Gasteiger partial charge < -0.3 is 0 Å². The van der Waals surface area contributed by atoms with E-state index in [0.29, 0.717) is 6.42 Å². The number of hydrogen-bond donors (Lipinski definition) is 0. The summed E-state index contributed by atoms with van der Waals surface area (Å²) in [6.45, 7) is 0. The number of alkyl halides is 3. The molecule has 1 aromatic rings. The van der Waals surface area contributed by atoms with Crippen molar-refractivity contribution in [3.8, 4) is 0 Å². The van der Waals surface area contributed by atoms with Crippen molar-refractivity contribution in [2.75, 3.05) is 0 Å². The Labute approximate surface area is 94.9 Å². The van der Waals surface area contributed by atoms with E-state index in [0.717, 1.165) is 10.0 Å². The summed E-state index contributed by atoms with van der Waals surface area (Å²) < 4.78 is -0.213. The second-order valence-electron chi connectivity index (χ2n) is 2.42. The van der Waals surface area contributed by atoms with Crippen LogP contribution in [0.25, 0.3) is 0 Å². The highest BCUT2D eigenvalue weighted by molar-refractivity contribution is 9.10. The fraction of sp³-hybridized carbons (Fsp3) is 0.250. The Kier molecular flexibility index (Phi) is 3.72. The van der Waals surface area contributed by atoms with Gasteiger partial charge in [0.2, 0.25) is 0 Å². The quantitative estimate of drug-likeness (QED) is 0.673. The third-order valence-corrected chi connectivity index (χ3v) is 2.19. The number of hydrogen-bond acceptors (Lipinski definition) is 0. The Hall–Kier alpha value is 0.570. The van der Waals surface area contributed by atoms with E-state index in [1.54, 1.807) is 0 Å². The molecule has 0 N–H and O–H groups in total. The summed E-state index contributed by atoms with van der Waals surface area (Å²) >= 11 is 20.2. The molecule has 0 bridgehead atoms. The minimum Gasteiger partial charge on any atom is -0.0833 e. The first-order valence-corrected chi connectivity index (χ1v) is 5.21. The highest BCUT2D eigenvalue weighted by Gasteiger charge is 2.19. The van der Waals surface area contributed by atoms with E-state index in [2.05, 4.69) is 15.9 Å². The molecule has 1 aromatic carbocycles. The van der Waals surface area contributed by atoms with E-state index in [4.69, 9.17) is 34.8 Å².